The number of alkyl halides is 3. The second kappa shape index (κ2) is 6.34. The number of esters is 1. The van der Waals surface area contributed by atoms with Crippen molar-refractivity contribution in [2.24, 2.45) is 0 Å². The topological polar surface area (TPSA) is 109 Å². The van der Waals surface area contributed by atoms with Gasteiger partial charge in [-0.1, -0.05) is 6.58 Å². The van der Waals surface area contributed by atoms with Crippen molar-refractivity contribution in [3.8, 4) is 0 Å². The Hall–Kier alpha value is -1.14. The van der Waals surface area contributed by atoms with E-state index in [0.29, 0.717) is 0 Å². The molecule has 0 unspecified atom stereocenters. The van der Waals surface area contributed by atoms with Gasteiger partial charge < -0.3 is 8.86 Å². The molecule has 0 saturated carbocycles. The summed E-state index contributed by atoms with van der Waals surface area (Å²) in [4.78, 5) is 10.5. The highest BCUT2D eigenvalue weighted by molar-refractivity contribution is 8.12. The zero-order valence-corrected chi connectivity index (χ0v) is 10.9. The molecule has 0 aliphatic carbocycles. The van der Waals surface area contributed by atoms with Crippen LogP contribution in [-0.4, -0.2) is 40.7 Å². The number of hydrogen-bond acceptors (Lipinski definition) is 6. The van der Waals surface area contributed by atoms with E-state index >= 15 is 0 Å². The molecule has 0 heterocycles. The van der Waals surface area contributed by atoms with Crippen LogP contribution in [0.25, 0.3) is 4.13 Å². The van der Waals surface area contributed by atoms with Crippen molar-refractivity contribution < 1.29 is 39.5 Å². The minimum atomic E-state index is -6.10. The van der Waals surface area contributed by atoms with Crippen LogP contribution < -0.4 is 0 Å². The van der Waals surface area contributed by atoms with E-state index < -0.39 is 50.3 Å². The number of halogens is 3. The summed E-state index contributed by atoms with van der Waals surface area (Å²) < 4.78 is 84.8. The summed E-state index contributed by atoms with van der Waals surface area (Å²) in [7, 11) is -10.9. The van der Waals surface area contributed by atoms with Crippen LogP contribution in [-0.2, 0) is 29.6 Å². The standard InChI is InChI=1S/C7H9F3NO6S2/c1-2-6(12)17-4-3-5-18(13,14)11-19(15,16)7(8,9)10/h2H,1,3-5H2/q-1. The van der Waals surface area contributed by atoms with E-state index in [0.717, 1.165) is 6.08 Å². The molecular formula is C7H9F3NO6S2-. The molecule has 0 fully saturated rings. The fourth-order valence-electron chi connectivity index (χ4n) is 0.702. The molecule has 0 bridgehead atoms. The Kier molecular flexibility index (Phi) is 5.96. The molecule has 0 amide bonds. The van der Waals surface area contributed by atoms with Crippen molar-refractivity contribution in [1.82, 2.24) is 0 Å². The van der Waals surface area contributed by atoms with Crippen molar-refractivity contribution in [2.75, 3.05) is 12.4 Å². The Bertz CT molecular complexity index is 536. The summed E-state index contributed by atoms with van der Waals surface area (Å²) in [6.07, 6.45) is 0.395. The highest BCUT2D eigenvalue weighted by atomic mass is 32.3. The number of sulfonamides is 2. The molecule has 0 aromatic rings. The lowest BCUT2D eigenvalue weighted by Crippen LogP contribution is -2.25. The molecule has 0 aliphatic heterocycles. The zero-order valence-electron chi connectivity index (χ0n) is 9.25. The normalized spacial score (nSPS) is 13.0. The fraction of sp³-hybridized carbons (Fsp3) is 0.571. The molecule has 0 radical (unpaired) electrons. The van der Waals surface area contributed by atoms with Crippen molar-refractivity contribution in [2.45, 2.75) is 11.9 Å². The van der Waals surface area contributed by atoms with E-state index in [9.17, 15) is 34.8 Å². The molecule has 19 heavy (non-hydrogen) atoms. The van der Waals surface area contributed by atoms with Crippen LogP contribution in [0.15, 0.2) is 12.7 Å². The van der Waals surface area contributed by atoms with E-state index in [4.69, 9.17) is 0 Å². The van der Waals surface area contributed by atoms with Crippen LogP contribution >= 0.6 is 0 Å². The number of rotatable bonds is 7. The average Bonchev–Trinajstić information content (AvgIpc) is 2.20. The molecule has 0 aromatic heterocycles. The van der Waals surface area contributed by atoms with Gasteiger partial charge in [-0.05, 0) is 6.42 Å². The van der Waals surface area contributed by atoms with Crippen molar-refractivity contribution >= 4 is 26.0 Å². The number of carbonyl (C=O) groups excluding carboxylic acids is 1. The predicted octanol–water partition coefficient (Wildman–Crippen LogP) is 0.659. The van der Waals surface area contributed by atoms with Gasteiger partial charge in [0.05, 0.1) is 16.6 Å². The van der Waals surface area contributed by atoms with Gasteiger partial charge in [0.25, 0.3) is 0 Å². The first-order chi connectivity index (χ1) is 8.41. The SMILES string of the molecule is C=CC(=O)OCCCS(=O)(=O)[N-]S(=O)(=O)C(F)(F)F. The number of hydrogen-bond donors (Lipinski definition) is 0. The zero-order chi connectivity index (χ0) is 15.3. The van der Waals surface area contributed by atoms with Gasteiger partial charge in [-0.3, -0.25) is 0 Å². The lowest BCUT2D eigenvalue weighted by molar-refractivity contribution is -0.137. The number of carbonyl (C=O) groups is 1. The van der Waals surface area contributed by atoms with Crippen LogP contribution in [0.1, 0.15) is 6.42 Å². The average molecular weight is 324 g/mol. The Balaban J connectivity index is 4.44. The largest absolute Gasteiger partial charge is 0.480 e. The third-order valence-corrected chi connectivity index (χ3v) is 4.54. The number of ether oxygens (including phenoxy) is 1. The summed E-state index contributed by atoms with van der Waals surface area (Å²) in [6, 6.07) is 0. The van der Waals surface area contributed by atoms with Gasteiger partial charge >= 0.3 is 11.5 Å². The van der Waals surface area contributed by atoms with Crippen LogP contribution in [0.3, 0.4) is 0 Å². The van der Waals surface area contributed by atoms with Crippen molar-refractivity contribution in [1.29, 1.82) is 0 Å². The van der Waals surface area contributed by atoms with Gasteiger partial charge in [0.2, 0.25) is 0 Å². The maximum Gasteiger partial charge on any atom is 0.480 e. The minimum Gasteiger partial charge on any atom is -0.463 e. The van der Waals surface area contributed by atoms with Crippen LogP contribution in [0, 0.1) is 0 Å². The van der Waals surface area contributed by atoms with Gasteiger partial charge in [0.15, 0.2) is 10.0 Å². The van der Waals surface area contributed by atoms with Crippen LogP contribution in [0.2, 0.25) is 0 Å². The second-order valence-electron chi connectivity index (χ2n) is 3.01. The third kappa shape index (κ3) is 6.54. The summed E-state index contributed by atoms with van der Waals surface area (Å²) in [5.41, 5.74) is -5.78. The highest BCUT2D eigenvalue weighted by Crippen LogP contribution is 2.30. The monoisotopic (exact) mass is 324 g/mol. The second-order valence-corrected chi connectivity index (χ2v) is 6.59. The summed E-state index contributed by atoms with van der Waals surface area (Å²) in [5.74, 6) is -1.86. The molecule has 112 valence electrons. The van der Waals surface area contributed by atoms with E-state index in [1.165, 1.54) is 0 Å². The Labute approximate surface area is 107 Å². The summed E-state index contributed by atoms with van der Waals surface area (Å²) in [6.45, 7) is 2.62. The first-order valence-electron chi connectivity index (χ1n) is 4.49. The first kappa shape index (κ1) is 17.9. The molecule has 0 spiro atoms. The molecular weight excluding hydrogens is 315 g/mol. The van der Waals surface area contributed by atoms with Gasteiger partial charge in [-0.2, -0.15) is 13.2 Å². The quantitative estimate of drug-likeness (QED) is 0.386. The Morgan fingerprint density at radius 3 is 2.21 bits per heavy atom. The van der Waals surface area contributed by atoms with Gasteiger partial charge in [0.1, 0.15) is 0 Å². The Morgan fingerprint density at radius 2 is 1.79 bits per heavy atom. The van der Waals surface area contributed by atoms with E-state index in [1.807, 2.05) is 4.13 Å². The van der Waals surface area contributed by atoms with Crippen LogP contribution in [0.5, 0.6) is 0 Å². The molecule has 7 nitrogen and oxygen atoms in total. The van der Waals surface area contributed by atoms with Crippen molar-refractivity contribution in [3.63, 3.8) is 0 Å². The van der Waals surface area contributed by atoms with Gasteiger partial charge in [-0.25, -0.2) is 21.6 Å². The third-order valence-electron chi connectivity index (χ3n) is 1.46. The first-order valence-corrected chi connectivity index (χ1v) is 7.53. The lowest BCUT2D eigenvalue weighted by Gasteiger charge is -2.21. The van der Waals surface area contributed by atoms with Gasteiger partial charge in [-0.15, -0.1) is 0 Å². The van der Waals surface area contributed by atoms with Crippen LogP contribution in [0.4, 0.5) is 13.2 Å². The molecule has 0 aromatic carbocycles. The summed E-state index contributed by atoms with van der Waals surface area (Å²) >= 11 is 0. The predicted molar refractivity (Wildman–Crippen MR) is 57.9 cm³/mol. The summed E-state index contributed by atoms with van der Waals surface area (Å²) in [5, 5.41) is 0. The molecule has 0 atom stereocenters. The number of nitrogens with zero attached hydrogens (tertiary/aromatic N) is 1. The van der Waals surface area contributed by atoms with Crippen molar-refractivity contribution in [3.05, 3.63) is 16.8 Å². The maximum atomic E-state index is 11.9. The molecule has 0 N–H and O–H groups in total. The smallest absolute Gasteiger partial charge is 0.463 e. The molecule has 0 aliphatic rings. The molecule has 0 rings (SSSR count). The van der Waals surface area contributed by atoms with E-state index in [1.54, 1.807) is 0 Å². The van der Waals surface area contributed by atoms with E-state index in [2.05, 4.69) is 11.3 Å². The minimum absolute atomic E-state index is 0.404. The Morgan fingerprint density at radius 1 is 1.26 bits per heavy atom. The molecule has 12 heteroatoms. The van der Waals surface area contributed by atoms with E-state index in [-0.39, 0.29) is 0 Å². The fourth-order valence-corrected chi connectivity index (χ4v) is 3.02. The highest BCUT2D eigenvalue weighted by Gasteiger charge is 2.40. The molecule has 0 saturated heterocycles. The maximum absolute atomic E-state index is 11.9. The van der Waals surface area contributed by atoms with Gasteiger partial charge in [0, 0.05) is 11.8 Å². The lowest BCUT2D eigenvalue weighted by atomic mass is 10.5.